The Morgan fingerprint density at radius 2 is 2.29 bits per heavy atom. The van der Waals surface area contributed by atoms with Gasteiger partial charge in [-0.3, -0.25) is 0 Å². The summed E-state index contributed by atoms with van der Waals surface area (Å²) in [5.74, 6) is 0.976. The molecule has 1 rings (SSSR count). The molecule has 17 heavy (non-hydrogen) atoms. The molecule has 0 heterocycles. The van der Waals surface area contributed by atoms with Gasteiger partial charge in [0.1, 0.15) is 5.56 Å². The smallest absolute Gasteiger partial charge is 0.339 e. The van der Waals surface area contributed by atoms with Gasteiger partial charge in [0.05, 0.1) is 10.7 Å². The van der Waals surface area contributed by atoms with Gasteiger partial charge in [0.25, 0.3) is 0 Å². The van der Waals surface area contributed by atoms with E-state index in [-0.39, 0.29) is 16.6 Å². The van der Waals surface area contributed by atoms with E-state index < -0.39 is 5.97 Å². The van der Waals surface area contributed by atoms with Gasteiger partial charge in [-0.2, -0.15) is 11.8 Å². The lowest BCUT2D eigenvalue weighted by atomic mass is 10.1. The minimum Gasteiger partial charge on any atom is -0.478 e. The summed E-state index contributed by atoms with van der Waals surface area (Å²) < 4.78 is 0. The molecule has 1 atom stereocenters. The number of carboxylic acids is 1. The average molecular weight is 274 g/mol. The molecule has 1 unspecified atom stereocenters. The lowest BCUT2D eigenvalue weighted by molar-refractivity contribution is 0.0698. The molecule has 2 N–H and O–H groups in total. The van der Waals surface area contributed by atoms with E-state index in [0.717, 1.165) is 11.5 Å². The van der Waals surface area contributed by atoms with Gasteiger partial charge in [-0.15, -0.1) is 0 Å². The van der Waals surface area contributed by atoms with Crippen LogP contribution in [0.4, 0.5) is 5.69 Å². The van der Waals surface area contributed by atoms with Crippen LogP contribution < -0.4 is 5.32 Å². The molecule has 0 aromatic heterocycles. The van der Waals surface area contributed by atoms with Crippen LogP contribution in [0.2, 0.25) is 5.02 Å². The van der Waals surface area contributed by atoms with E-state index in [1.54, 1.807) is 18.2 Å². The minimum atomic E-state index is -1.01. The molecule has 1 aromatic rings. The number of hydrogen-bond acceptors (Lipinski definition) is 3. The van der Waals surface area contributed by atoms with Gasteiger partial charge in [0, 0.05) is 11.8 Å². The van der Waals surface area contributed by atoms with Crippen molar-refractivity contribution in [3.05, 3.63) is 28.8 Å². The Bertz CT molecular complexity index is 398. The lowest BCUT2D eigenvalue weighted by Gasteiger charge is -2.16. The highest BCUT2D eigenvalue weighted by atomic mass is 35.5. The summed E-state index contributed by atoms with van der Waals surface area (Å²) >= 11 is 7.70. The molecule has 0 saturated heterocycles. The van der Waals surface area contributed by atoms with Crippen molar-refractivity contribution >= 4 is 35.0 Å². The van der Waals surface area contributed by atoms with E-state index in [1.807, 2.05) is 18.7 Å². The van der Waals surface area contributed by atoms with E-state index in [4.69, 9.17) is 16.7 Å². The standard InChI is InChI=1S/C12H16ClNO2S/c1-3-17-7-8(2)14-10-6-4-5-9(13)11(10)12(15)16/h4-6,8,14H,3,7H2,1-2H3,(H,15,16). The van der Waals surface area contributed by atoms with Crippen LogP contribution >= 0.6 is 23.4 Å². The lowest BCUT2D eigenvalue weighted by Crippen LogP contribution is -2.20. The number of nitrogens with one attached hydrogen (secondary N) is 1. The topological polar surface area (TPSA) is 49.3 Å². The van der Waals surface area contributed by atoms with Crippen molar-refractivity contribution < 1.29 is 9.90 Å². The molecule has 94 valence electrons. The zero-order valence-electron chi connectivity index (χ0n) is 9.87. The summed E-state index contributed by atoms with van der Waals surface area (Å²) in [7, 11) is 0. The fourth-order valence-corrected chi connectivity index (χ4v) is 2.39. The summed E-state index contributed by atoms with van der Waals surface area (Å²) in [6.45, 7) is 4.12. The van der Waals surface area contributed by atoms with Gasteiger partial charge in [-0.05, 0) is 24.8 Å². The maximum absolute atomic E-state index is 11.1. The molecule has 1 aromatic carbocycles. The van der Waals surface area contributed by atoms with Crippen LogP contribution in [0.15, 0.2) is 18.2 Å². The first kappa shape index (κ1) is 14.2. The number of aromatic carboxylic acids is 1. The second kappa shape index (κ2) is 6.77. The average Bonchev–Trinajstić information content (AvgIpc) is 2.25. The quantitative estimate of drug-likeness (QED) is 0.832. The maximum atomic E-state index is 11.1. The number of hydrogen-bond donors (Lipinski definition) is 2. The molecule has 0 amide bonds. The highest BCUT2D eigenvalue weighted by Crippen LogP contribution is 2.25. The normalized spacial score (nSPS) is 12.2. The molecule has 3 nitrogen and oxygen atoms in total. The summed E-state index contributed by atoms with van der Waals surface area (Å²) in [5, 5.41) is 12.5. The number of rotatable bonds is 6. The first-order chi connectivity index (χ1) is 8.06. The largest absolute Gasteiger partial charge is 0.478 e. The molecular formula is C12H16ClNO2S. The van der Waals surface area contributed by atoms with Crippen molar-refractivity contribution in [1.82, 2.24) is 0 Å². The highest BCUT2D eigenvalue weighted by Gasteiger charge is 2.15. The van der Waals surface area contributed by atoms with Gasteiger partial charge in [-0.25, -0.2) is 4.79 Å². The number of benzene rings is 1. The van der Waals surface area contributed by atoms with E-state index in [2.05, 4.69) is 12.2 Å². The SMILES string of the molecule is CCSCC(C)Nc1cccc(Cl)c1C(=O)O. The number of halogens is 1. The monoisotopic (exact) mass is 273 g/mol. The van der Waals surface area contributed by atoms with Crippen LogP contribution in [0.25, 0.3) is 0 Å². The van der Waals surface area contributed by atoms with Gasteiger partial charge in [0.2, 0.25) is 0 Å². The second-order valence-electron chi connectivity index (χ2n) is 3.67. The molecule has 0 bridgehead atoms. The molecule has 0 spiro atoms. The Morgan fingerprint density at radius 1 is 1.59 bits per heavy atom. The first-order valence-electron chi connectivity index (χ1n) is 5.42. The van der Waals surface area contributed by atoms with Crippen LogP contribution in [0, 0.1) is 0 Å². The number of anilines is 1. The third-order valence-corrected chi connectivity index (χ3v) is 3.66. The van der Waals surface area contributed by atoms with Crippen LogP contribution in [0.5, 0.6) is 0 Å². The second-order valence-corrected chi connectivity index (χ2v) is 5.40. The Kier molecular flexibility index (Phi) is 5.65. The molecule has 0 fully saturated rings. The van der Waals surface area contributed by atoms with Crippen molar-refractivity contribution in [2.75, 3.05) is 16.8 Å². The fraction of sp³-hybridized carbons (Fsp3) is 0.417. The molecule has 0 aliphatic heterocycles. The van der Waals surface area contributed by atoms with Crippen molar-refractivity contribution in [3.63, 3.8) is 0 Å². The van der Waals surface area contributed by atoms with Crippen molar-refractivity contribution in [2.45, 2.75) is 19.9 Å². The van der Waals surface area contributed by atoms with Crippen LogP contribution in [0.3, 0.4) is 0 Å². The van der Waals surface area contributed by atoms with Crippen LogP contribution in [-0.2, 0) is 0 Å². The Hall–Kier alpha value is -0.870. The zero-order chi connectivity index (χ0) is 12.8. The number of carboxylic acid groups (broad SMARTS) is 1. The minimum absolute atomic E-state index is 0.141. The van der Waals surface area contributed by atoms with Crippen LogP contribution in [0.1, 0.15) is 24.2 Å². The van der Waals surface area contributed by atoms with Gasteiger partial charge < -0.3 is 10.4 Å². The predicted octanol–water partition coefficient (Wildman–Crippen LogP) is 3.59. The van der Waals surface area contributed by atoms with Crippen LogP contribution in [-0.4, -0.2) is 28.6 Å². The molecule has 5 heteroatoms. The van der Waals surface area contributed by atoms with Crippen molar-refractivity contribution in [2.24, 2.45) is 0 Å². The highest BCUT2D eigenvalue weighted by molar-refractivity contribution is 7.99. The Morgan fingerprint density at radius 3 is 2.88 bits per heavy atom. The third-order valence-electron chi connectivity index (χ3n) is 2.20. The van der Waals surface area contributed by atoms with E-state index in [1.165, 1.54) is 0 Å². The molecule has 0 saturated carbocycles. The van der Waals surface area contributed by atoms with Gasteiger partial charge >= 0.3 is 5.97 Å². The number of carbonyl (C=O) groups is 1. The third kappa shape index (κ3) is 4.13. The van der Waals surface area contributed by atoms with E-state index in [0.29, 0.717) is 5.69 Å². The zero-order valence-corrected chi connectivity index (χ0v) is 11.4. The maximum Gasteiger partial charge on any atom is 0.339 e. The summed E-state index contributed by atoms with van der Waals surface area (Å²) in [6.07, 6.45) is 0. The number of thioether (sulfide) groups is 1. The van der Waals surface area contributed by atoms with Crippen molar-refractivity contribution in [3.8, 4) is 0 Å². The Labute approximate surface area is 111 Å². The molecule has 0 aliphatic rings. The molecule has 0 radical (unpaired) electrons. The Balaban J connectivity index is 2.83. The van der Waals surface area contributed by atoms with E-state index in [9.17, 15) is 4.79 Å². The van der Waals surface area contributed by atoms with Gasteiger partial charge in [0.15, 0.2) is 0 Å². The van der Waals surface area contributed by atoms with Crippen molar-refractivity contribution in [1.29, 1.82) is 0 Å². The fourth-order valence-electron chi connectivity index (χ4n) is 1.46. The first-order valence-corrected chi connectivity index (χ1v) is 6.95. The summed E-state index contributed by atoms with van der Waals surface area (Å²) in [6, 6.07) is 5.28. The molecular weight excluding hydrogens is 258 g/mol. The molecule has 0 aliphatic carbocycles. The van der Waals surface area contributed by atoms with Gasteiger partial charge in [-0.1, -0.05) is 24.6 Å². The summed E-state index contributed by atoms with van der Waals surface area (Å²) in [5.41, 5.74) is 0.719. The predicted molar refractivity (Wildman–Crippen MR) is 74.5 cm³/mol. The van der Waals surface area contributed by atoms with E-state index >= 15 is 0 Å². The summed E-state index contributed by atoms with van der Waals surface area (Å²) in [4.78, 5) is 11.1.